The SMILES string of the molecule is CCCCC1(C)NC(NC)=C(C(=O)OCC)N1c1ccc(-c2ccccc2C(=O)OC(C)(C)C)cc1. The molecule has 0 amide bonds. The molecule has 0 spiro atoms. The van der Waals surface area contributed by atoms with E-state index in [0.717, 1.165) is 36.1 Å². The number of rotatable bonds is 9. The van der Waals surface area contributed by atoms with E-state index in [2.05, 4.69) is 24.5 Å². The van der Waals surface area contributed by atoms with Gasteiger partial charge < -0.3 is 25.0 Å². The van der Waals surface area contributed by atoms with Gasteiger partial charge in [-0.15, -0.1) is 0 Å². The number of carbonyl (C=O) groups is 2. The fraction of sp³-hybridized carbons (Fsp3) is 0.448. The number of ether oxygens (including phenoxy) is 2. The van der Waals surface area contributed by atoms with Crippen LogP contribution in [0.25, 0.3) is 11.1 Å². The number of esters is 2. The molecule has 2 aromatic rings. The van der Waals surface area contributed by atoms with Crippen molar-refractivity contribution in [3.05, 3.63) is 65.6 Å². The molecular weight excluding hydrogens is 454 g/mol. The van der Waals surface area contributed by atoms with Crippen molar-refractivity contribution in [1.29, 1.82) is 0 Å². The van der Waals surface area contributed by atoms with Crippen molar-refractivity contribution < 1.29 is 19.1 Å². The van der Waals surface area contributed by atoms with Gasteiger partial charge in [0.15, 0.2) is 5.70 Å². The van der Waals surface area contributed by atoms with E-state index in [9.17, 15) is 9.59 Å². The molecule has 2 aromatic carbocycles. The van der Waals surface area contributed by atoms with Crippen molar-refractivity contribution in [2.24, 2.45) is 0 Å². The van der Waals surface area contributed by atoms with Crippen LogP contribution in [0, 0.1) is 0 Å². The van der Waals surface area contributed by atoms with E-state index in [1.165, 1.54) is 0 Å². The first-order valence-corrected chi connectivity index (χ1v) is 12.6. The lowest BCUT2D eigenvalue weighted by atomic mass is 9.98. The molecule has 7 nitrogen and oxygen atoms in total. The first kappa shape index (κ1) is 27.1. The summed E-state index contributed by atoms with van der Waals surface area (Å²) in [5, 5.41) is 6.65. The monoisotopic (exact) mass is 493 g/mol. The Bertz CT molecular complexity index is 1120. The lowest BCUT2D eigenvalue weighted by molar-refractivity contribution is -0.138. The van der Waals surface area contributed by atoms with Gasteiger partial charge >= 0.3 is 11.9 Å². The topological polar surface area (TPSA) is 79.9 Å². The summed E-state index contributed by atoms with van der Waals surface area (Å²) >= 11 is 0. The maximum Gasteiger partial charge on any atom is 0.358 e. The third-order valence-electron chi connectivity index (χ3n) is 6.07. The maximum atomic E-state index is 13.0. The first-order valence-electron chi connectivity index (χ1n) is 12.6. The van der Waals surface area contributed by atoms with E-state index in [1.807, 2.05) is 68.1 Å². The van der Waals surface area contributed by atoms with Crippen molar-refractivity contribution in [2.75, 3.05) is 18.6 Å². The van der Waals surface area contributed by atoms with Gasteiger partial charge in [0.2, 0.25) is 0 Å². The summed E-state index contributed by atoms with van der Waals surface area (Å²) in [4.78, 5) is 27.9. The van der Waals surface area contributed by atoms with E-state index >= 15 is 0 Å². The second-order valence-corrected chi connectivity index (χ2v) is 10.1. The number of hydrogen-bond donors (Lipinski definition) is 2. The van der Waals surface area contributed by atoms with Crippen LogP contribution < -0.4 is 15.5 Å². The lowest BCUT2D eigenvalue weighted by Gasteiger charge is -2.38. The zero-order valence-corrected chi connectivity index (χ0v) is 22.5. The maximum absolute atomic E-state index is 13.0. The Morgan fingerprint density at radius 2 is 1.69 bits per heavy atom. The molecule has 1 unspecified atom stereocenters. The van der Waals surface area contributed by atoms with Crippen molar-refractivity contribution >= 4 is 17.6 Å². The number of unbranched alkanes of at least 4 members (excludes halogenated alkanes) is 1. The highest BCUT2D eigenvalue weighted by molar-refractivity contribution is 5.98. The molecule has 0 saturated carbocycles. The molecule has 1 aliphatic rings. The van der Waals surface area contributed by atoms with Gasteiger partial charge in [-0.1, -0.05) is 43.7 Å². The average molecular weight is 494 g/mol. The molecule has 3 rings (SSSR count). The number of hydrogen-bond acceptors (Lipinski definition) is 7. The Morgan fingerprint density at radius 1 is 1.03 bits per heavy atom. The molecule has 0 aliphatic carbocycles. The molecule has 1 atom stereocenters. The van der Waals surface area contributed by atoms with Gasteiger partial charge in [0.25, 0.3) is 0 Å². The normalized spacial score (nSPS) is 17.6. The molecule has 2 N–H and O–H groups in total. The molecule has 0 saturated heterocycles. The first-order chi connectivity index (χ1) is 17.0. The Morgan fingerprint density at radius 3 is 2.28 bits per heavy atom. The number of anilines is 1. The van der Waals surface area contributed by atoms with E-state index in [4.69, 9.17) is 9.47 Å². The predicted molar refractivity (Wildman–Crippen MR) is 143 cm³/mol. The highest BCUT2D eigenvalue weighted by atomic mass is 16.6. The van der Waals surface area contributed by atoms with Crippen LogP contribution in [-0.2, 0) is 14.3 Å². The van der Waals surface area contributed by atoms with Crippen molar-refractivity contribution in [1.82, 2.24) is 10.6 Å². The largest absolute Gasteiger partial charge is 0.461 e. The number of carbonyl (C=O) groups excluding carboxylic acids is 2. The molecular formula is C29H39N3O4. The molecule has 0 radical (unpaired) electrons. The summed E-state index contributed by atoms with van der Waals surface area (Å²) in [6.07, 6.45) is 2.87. The van der Waals surface area contributed by atoms with E-state index < -0.39 is 11.3 Å². The van der Waals surface area contributed by atoms with Crippen LogP contribution in [-0.4, -0.2) is 36.9 Å². The molecule has 0 bridgehead atoms. The van der Waals surface area contributed by atoms with Crippen LogP contribution in [0.1, 0.15) is 71.2 Å². The second-order valence-electron chi connectivity index (χ2n) is 10.1. The standard InChI is InChI=1S/C29H39N3O4/c1-8-10-19-29(6)31-25(30-7)24(27(34)35-9-2)32(29)21-17-15-20(16-18-21)22-13-11-12-14-23(22)26(33)36-28(3,4)5/h11-18,30-31H,8-10,19H2,1-7H3. The fourth-order valence-electron chi connectivity index (χ4n) is 4.46. The molecule has 0 aromatic heterocycles. The van der Waals surface area contributed by atoms with Crippen LogP contribution in [0.5, 0.6) is 0 Å². The molecule has 36 heavy (non-hydrogen) atoms. The van der Waals surface area contributed by atoms with Gasteiger partial charge in [0, 0.05) is 12.7 Å². The summed E-state index contributed by atoms with van der Waals surface area (Å²) in [5.41, 5.74) is 2.42. The Labute approximate surface area is 214 Å². The van der Waals surface area contributed by atoms with E-state index in [-0.39, 0.29) is 11.9 Å². The van der Waals surface area contributed by atoms with E-state index in [1.54, 1.807) is 20.0 Å². The molecule has 1 aliphatic heterocycles. The highest BCUT2D eigenvalue weighted by Gasteiger charge is 2.45. The van der Waals surface area contributed by atoms with Crippen LogP contribution >= 0.6 is 0 Å². The Kier molecular flexibility index (Phi) is 8.33. The zero-order chi connectivity index (χ0) is 26.5. The second kappa shape index (κ2) is 11.1. The molecule has 0 fully saturated rings. The quantitative estimate of drug-likeness (QED) is 0.442. The summed E-state index contributed by atoms with van der Waals surface area (Å²) in [5.74, 6) is -0.0930. The van der Waals surface area contributed by atoms with Crippen LogP contribution in [0.4, 0.5) is 5.69 Å². The van der Waals surface area contributed by atoms with Crippen LogP contribution in [0.15, 0.2) is 60.0 Å². The zero-order valence-electron chi connectivity index (χ0n) is 22.5. The molecule has 194 valence electrons. The Hall–Kier alpha value is -3.48. The molecule has 7 heteroatoms. The Balaban J connectivity index is 2.03. The fourth-order valence-corrected chi connectivity index (χ4v) is 4.46. The molecule has 1 heterocycles. The van der Waals surface area contributed by atoms with Gasteiger partial charge in [-0.25, -0.2) is 9.59 Å². The summed E-state index contributed by atoms with van der Waals surface area (Å²) in [6, 6.07) is 15.3. The van der Waals surface area contributed by atoms with Gasteiger partial charge in [-0.05, 0) is 76.8 Å². The van der Waals surface area contributed by atoms with Gasteiger partial charge in [0.1, 0.15) is 17.1 Å². The minimum Gasteiger partial charge on any atom is -0.461 e. The predicted octanol–water partition coefficient (Wildman–Crippen LogP) is 5.58. The van der Waals surface area contributed by atoms with Gasteiger partial charge in [-0.2, -0.15) is 0 Å². The lowest BCUT2D eigenvalue weighted by Crippen LogP contribution is -2.51. The smallest absolute Gasteiger partial charge is 0.358 e. The average Bonchev–Trinajstić information content (AvgIpc) is 3.14. The minimum absolute atomic E-state index is 0.291. The van der Waals surface area contributed by atoms with Gasteiger partial charge in [-0.3, -0.25) is 0 Å². The van der Waals surface area contributed by atoms with Gasteiger partial charge in [0.05, 0.1) is 12.2 Å². The number of benzene rings is 2. The highest BCUT2D eigenvalue weighted by Crippen LogP contribution is 2.38. The van der Waals surface area contributed by atoms with Crippen LogP contribution in [0.2, 0.25) is 0 Å². The number of nitrogens with one attached hydrogen (secondary N) is 2. The number of nitrogens with zero attached hydrogens (tertiary/aromatic N) is 1. The van der Waals surface area contributed by atoms with Crippen molar-refractivity contribution in [2.45, 2.75) is 72.1 Å². The van der Waals surface area contributed by atoms with E-state index in [0.29, 0.717) is 23.7 Å². The third kappa shape index (κ3) is 5.83. The van der Waals surface area contributed by atoms with Crippen LogP contribution in [0.3, 0.4) is 0 Å². The minimum atomic E-state index is -0.583. The summed E-state index contributed by atoms with van der Waals surface area (Å²) in [6.45, 7) is 11.9. The summed E-state index contributed by atoms with van der Waals surface area (Å²) < 4.78 is 11.0. The van der Waals surface area contributed by atoms with Crippen molar-refractivity contribution in [3.8, 4) is 11.1 Å². The van der Waals surface area contributed by atoms with Crippen molar-refractivity contribution in [3.63, 3.8) is 0 Å². The summed E-state index contributed by atoms with van der Waals surface area (Å²) in [7, 11) is 1.79. The third-order valence-corrected chi connectivity index (χ3v) is 6.07.